The molecule has 1 aliphatic carbocycles. The molecular weight excluding hydrogens is 413 g/mol. The SMILES string of the molecule is CC(C(=O)Nc1ccc(-c2nc3ccc(F)cc3[nH]2)cc1)N1C(=O)NC2(CCCC2)C1=O. The van der Waals surface area contributed by atoms with Crippen LogP contribution in [0.4, 0.5) is 14.9 Å². The number of imidazole rings is 1. The Hall–Kier alpha value is -3.75. The zero-order valence-corrected chi connectivity index (χ0v) is 17.4. The third kappa shape index (κ3) is 3.30. The average Bonchev–Trinajstić information content (AvgIpc) is 3.46. The van der Waals surface area contributed by atoms with Gasteiger partial charge >= 0.3 is 6.03 Å². The summed E-state index contributed by atoms with van der Waals surface area (Å²) < 4.78 is 13.4. The van der Waals surface area contributed by atoms with Gasteiger partial charge in [-0.15, -0.1) is 0 Å². The van der Waals surface area contributed by atoms with Crippen molar-refractivity contribution in [2.24, 2.45) is 0 Å². The maximum atomic E-state index is 13.4. The van der Waals surface area contributed by atoms with Crippen molar-refractivity contribution < 1.29 is 18.8 Å². The lowest BCUT2D eigenvalue weighted by Gasteiger charge is -2.23. The van der Waals surface area contributed by atoms with Gasteiger partial charge in [-0.05, 0) is 62.2 Å². The smallest absolute Gasteiger partial charge is 0.325 e. The molecule has 1 unspecified atom stereocenters. The Morgan fingerprint density at radius 1 is 1.16 bits per heavy atom. The number of nitrogens with zero attached hydrogens (tertiary/aromatic N) is 2. The van der Waals surface area contributed by atoms with Gasteiger partial charge in [0.1, 0.15) is 23.2 Å². The highest BCUT2D eigenvalue weighted by Crippen LogP contribution is 2.36. The molecule has 2 aromatic carbocycles. The van der Waals surface area contributed by atoms with E-state index in [1.807, 2.05) is 0 Å². The van der Waals surface area contributed by atoms with E-state index < -0.39 is 23.5 Å². The second-order valence-corrected chi connectivity index (χ2v) is 8.38. The average molecular weight is 435 g/mol. The maximum Gasteiger partial charge on any atom is 0.325 e. The third-order valence-corrected chi connectivity index (χ3v) is 6.29. The predicted molar refractivity (Wildman–Crippen MR) is 116 cm³/mol. The fraction of sp³-hybridized carbons (Fsp3) is 0.304. The molecule has 0 bridgehead atoms. The zero-order valence-electron chi connectivity index (χ0n) is 17.4. The van der Waals surface area contributed by atoms with Gasteiger partial charge in [-0.1, -0.05) is 12.8 Å². The summed E-state index contributed by atoms with van der Waals surface area (Å²) in [6.07, 6.45) is 2.98. The molecule has 1 atom stereocenters. The number of aromatic nitrogens is 2. The van der Waals surface area contributed by atoms with Gasteiger partial charge in [-0.25, -0.2) is 19.1 Å². The highest BCUT2D eigenvalue weighted by molar-refractivity contribution is 6.11. The van der Waals surface area contributed by atoms with Crippen molar-refractivity contribution in [3.63, 3.8) is 0 Å². The largest absolute Gasteiger partial charge is 0.338 e. The number of carbonyl (C=O) groups is 3. The number of fused-ring (bicyclic) bond motifs is 1. The quantitative estimate of drug-likeness (QED) is 0.545. The van der Waals surface area contributed by atoms with Crippen LogP contribution in [-0.4, -0.2) is 44.3 Å². The van der Waals surface area contributed by atoms with Crippen molar-refractivity contribution in [2.45, 2.75) is 44.2 Å². The Bertz CT molecular complexity index is 1230. The van der Waals surface area contributed by atoms with Crippen LogP contribution in [0.25, 0.3) is 22.4 Å². The lowest BCUT2D eigenvalue weighted by Crippen LogP contribution is -2.48. The van der Waals surface area contributed by atoms with Crippen molar-refractivity contribution in [3.05, 3.63) is 48.3 Å². The summed E-state index contributed by atoms with van der Waals surface area (Å²) in [7, 11) is 0. The number of benzene rings is 2. The van der Waals surface area contributed by atoms with E-state index in [0.29, 0.717) is 35.4 Å². The summed E-state index contributed by atoms with van der Waals surface area (Å²) in [4.78, 5) is 46.6. The fourth-order valence-corrected chi connectivity index (χ4v) is 4.50. The second-order valence-electron chi connectivity index (χ2n) is 8.38. The lowest BCUT2D eigenvalue weighted by molar-refractivity contribution is -0.136. The molecule has 1 saturated carbocycles. The van der Waals surface area contributed by atoms with Crippen molar-refractivity contribution in [1.29, 1.82) is 0 Å². The van der Waals surface area contributed by atoms with E-state index in [-0.39, 0.29) is 11.7 Å². The molecule has 5 rings (SSSR count). The van der Waals surface area contributed by atoms with Crippen LogP contribution in [0.1, 0.15) is 32.6 Å². The number of nitrogens with one attached hydrogen (secondary N) is 3. The van der Waals surface area contributed by atoms with E-state index in [0.717, 1.165) is 23.3 Å². The molecule has 1 saturated heterocycles. The lowest BCUT2D eigenvalue weighted by atomic mass is 9.97. The predicted octanol–water partition coefficient (Wildman–Crippen LogP) is 3.56. The number of halogens is 1. The number of aromatic amines is 1. The molecule has 8 nitrogen and oxygen atoms in total. The Morgan fingerprint density at radius 3 is 2.59 bits per heavy atom. The van der Waals surface area contributed by atoms with Crippen molar-refractivity contribution in [1.82, 2.24) is 20.2 Å². The summed E-state index contributed by atoms with van der Waals surface area (Å²) in [5.41, 5.74) is 1.70. The fourth-order valence-electron chi connectivity index (χ4n) is 4.50. The molecule has 2 fully saturated rings. The van der Waals surface area contributed by atoms with E-state index >= 15 is 0 Å². The van der Waals surface area contributed by atoms with Gasteiger partial charge in [-0.3, -0.25) is 9.59 Å². The highest BCUT2D eigenvalue weighted by atomic mass is 19.1. The number of hydrogen-bond acceptors (Lipinski definition) is 4. The van der Waals surface area contributed by atoms with Crippen LogP contribution in [0.15, 0.2) is 42.5 Å². The highest BCUT2D eigenvalue weighted by Gasteiger charge is 2.54. The van der Waals surface area contributed by atoms with Crippen LogP contribution in [0.5, 0.6) is 0 Å². The minimum Gasteiger partial charge on any atom is -0.338 e. The summed E-state index contributed by atoms with van der Waals surface area (Å²) >= 11 is 0. The Labute approximate surface area is 183 Å². The third-order valence-electron chi connectivity index (χ3n) is 6.29. The molecule has 1 spiro atoms. The molecule has 4 amide bonds. The number of urea groups is 1. The molecular formula is C23H22FN5O3. The number of anilines is 1. The van der Waals surface area contributed by atoms with E-state index in [1.165, 1.54) is 12.1 Å². The van der Waals surface area contributed by atoms with Crippen LogP contribution in [0.3, 0.4) is 0 Å². The molecule has 2 heterocycles. The molecule has 3 aromatic rings. The van der Waals surface area contributed by atoms with Crippen molar-refractivity contribution in [2.75, 3.05) is 5.32 Å². The zero-order chi connectivity index (χ0) is 22.5. The number of hydrogen-bond donors (Lipinski definition) is 3. The normalized spacial score (nSPS) is 18.4. The molecule has 2 aliphatic rings. The van der Waals surface area contributed by atoms with E-state index in [1.54, 1.807) is 37.3 Å². The standard InChI is InChI=1S/C23H22FN5O3/c1-13(29-21(31)23(28-22(29)32)10-2-3-11-23)20(30)25-16-7-4-14(5-8-16)19-26-17-9-6-15(24)12-18(17)27-19/h4-9,12-13H,2-3,10-11H2,1H3,(H,25,30)(H,26,27)(H,28,32). The van der Waals surface area contributed by atoms with Gasteiger partial charge in [0.05, 0.1) is 11.0 Å². The summed E-state index contributed by atoms with van der Waals surface area (Å²) in [6.45, 7) is 1.54. The molecule has 0 radical (unpaired) electrons. The number of imide groups is 1. The minimum atomic E-state index is -0.938. The first-order chi connectivity index (χ1) is 15.4. The Morgan fingerprint density at radius 2 is 1.88 bits per heavy atom. The topological polar surface area (TPSA) is 107 Å². The number of carbonyl (C=O) groups excluding carboxylic acids is 3. The van der Waals surface area contributed by atoms with Crippen molar-refractivity contribution in [3.8, 4) is 11.4 Å². The monoisotopic (exact) mass is 435 g/mol. The molecule has 3 N–H and O–H groups in total. The number of rotatable bonds is 4. The first-order valence-corrected chi connectivity index (χ1v) is 10.6. The van der Waals surface area contributed by atoms with E-state index in [9.17, 15) is 18.8 Å². The number of amides is 4. The maximum absolute atomic E-state index is 13.4. The molecule has 1 aliphatic heterocycles. The minimum absolute atomic E-state index is 0.320. The van der Waals surface area contributed by atoms with Crippen LogP contribution in [0.2, 0.25) is 0 Å². The van der Waals surface area contributed by atoms with Gasteiger partial charge in [-0.2, -0.15) is 0 Å². The Balaban J connectivity index is 1.29. The number of H-pyrrole nitrogens is 1. The van der Waals surface area contributed by atoms with Gasteiger partial charge in [0.2, 0.25) is 5.91 Å². The summed E-state index contributed by atoms with van der Waals surface area (Å²) in [5.74, 6) is -0.531. The molecule has 32 heavy (non-hydrogen) atoms. The van der Waals surface area contributed by atoms with Crippen LogP contribution < -0.4 is 10.6 Å². The van der Waals surface area contributed by atoms with E-state index in [2.05, 4.69) is 20.6 Å². The molecule has 164 valence electrons. The van der Waals surface area contributed by atoms with Crippen LogP contribution in [0, 0.1) is 5.82 Å². The first kappa shape index (κ1) is 20.2. The second kappa shape index (κ2) is 7.44. The van der Waals surface area contributed by atoms with Gasteiger partial charge < -0.3 is 15.6 Å². The Kier molecular flexibility index (Phi) is 4.69. The first-order valence-electron chi connectivity index (χ1n) is 10.6. The van der Waals surface area contributed by atoms with Crippen molar-refractivity contribution >= 4 is 34.6 Å². The van der Waals surface area contributed by atoms with E-state index in [4.69, 9.17) is 0 Å². The molecule has 1 aromatic heterocycles. The van der Waals surface area contributed by atoms with Gasteiger partial charge in [0.15, 0.2) is 0 Å². The summed E-state index contributed by atoms with van der Waals surface area (Å²) in [5, 5.41) is 5.55. The van der Waals surface area contributed by atoms with Gasteiger partial charge in [0.25, 0.3) is 5.91 Å². The van der Waals surface area contributed by atoms with Gasteiger partial charge in [0, 0.05) is 11.3 Å². The molecule has 9 heteroatoms. The van der Waals surface area contributed by atoms with Crippen LogP contribution in [-0.2, 0) is 9.59 Å². The summed E-state index contributed by atoms with van der Waals surface area (Å²) in [6, 6.07) is 9.84. The van der Waals surface area contributed by atoms with Crippen LogP contribution >= 0.6 is 0 Å².